The summed E-state index contributed by atoms with van der Waals surface area (Å²) in [5, 5.41) is 0. The lowest BCUT2D eigenvalue weighted by molar-refractivity contribution is 0.100. The van der Waals surface area contributed by atoms with Crippen LogP contribution in [-0.4, -0.2) is 47.0 Å². The molecule has 1 fully saturated rings. The Morgan fingerprint density at radius 3 is 2.58 bits per heavy atom. The van der Waals surface area contributed by atoms with E-state index in [-0.39, 0.29) is 5.56 Å². The van der Waals surface area contributed by atoms with E-state index in [1.807, 2.05) is 23.6 Å². The molecule has 8 heteroatoms. The van der Waals surface area contributed by atoms with Crippen molar-refractivity contribution in [3.8, 4) is 0 Å². The zero-order valence-electron chi connectivity index (χ0n) is 15.2. The number of piperazine rings is 1. The van der Waals surface area contributed by atoms with E-state index in [1.54, 1.807) is 18.3 Å². The van der Waals surface area contributed by atoms with Crippen LogP contribution in [0.5, 0.6) is 0 Å². The molecule has 3 N–H and O–H groups in total. The SMILES string of the molecule is CCCc1c(C)nc(N2CCN(c3ncccc3C(N)=O)CC2)[nH]c1=O. The van der Waals surface area contributed by atoms with E-state index in [0.717, 1.165) is 24.1 Å². The highest BCUT2D eigenvalue weighted by molar-refractivity contribution is 5.97. The number of hydrogen-bond donors (Lipinski definition) is 2. The van der Waals surface area contributed by atoms with Gasteiger partial charge in [0.05, 0.1) is 5.56 Å². The van der Waals surface area contributed by atoms with Gasteiger partial charge in [-0.2, -0.15) is 0 Å². The first kappa shape index (κ1) is 17.9. The maximum atomic E-state index is 12.3. The van der Waals surface area contributed by atoms with Gasteiger partial charge in [-0.1, -0.05) is 13.3 Å². The number of nitrogens with zero attached hydrogens (tertiary/aromatic N) is 4. The number of H-pyrrole nitrogens is 1. The number of carbonyl (C=O) groups is 1. The molecule has 0 saturated carbocycles. The van der Waals surface area contributed by atoms with Gasteiger partial charge in [-0.05, 0) is 25.5 Å². The summed E-state index contributed by atoms with van der Waals surface area (Å²) in [6.45, 7) is 6.60. The van der Waals surface area contributed by atoms with Crippen molar-refractivity contribution in [1.82, 2.24) is 15.0 Å². The number of hydrogen-bond acceptors (Lipinski definition) is 6. The number of aryl methyl sites for hydroxylation is 1. The molecule has 1 saturated heterocycles. The summed E-state index contributed by atoms with van der Waals surface area (Å²) < 4.78 is 0. The summed E-state index contributed by atoms with van der Waals surface area (Å²) in [4.78, 5) is 39.8. The highest BCUT2D eigenvalue weighted by Crippen LogP contribution is 2.20. The van der Waals surface area contributed by atoms with Crippen molar-refractivity contribution in [2.45, 2.75) is 26.7 Å². The second-order valence-corrected chi connectivity index (χ2v) is 6.42. The average Bonchev–Trinajstić information content (AvgIpc) is 2.64. The van der Waals surface area contributed by atoms with Crippen LogP contribution in [0.1, 0.15) is 35.0 Å². The third kappa shape index (κ3) is 3.54. The Labute approximate surface area is 152 Å². The van der Waals surface area contributed by atoms with E-state index in [4.69, 9.17) is 5.73 Å². The predicted octanol–water partition coefficient (Wildman–Crippen LogP) is 0.851. The molecule has 8 nitrogen and oxygen atoms in total. The fourth-order valence-corrected chi connectivity index (χ4v) is 3.26. The zero-order chi connectivity index (χ0) is 18.7. The van der Waals surface area contributed by atoms with Crippen LogP contribution in [0.4, 0.5) is 11.8 Å². The second-order valence-electron chi connectivity index (χ2n) is 6.42. The Kier molecular flexibility index (Phi) is 5.20. The minimum atomic E-state index is -0.483. The van der Waals surface area contributed by atoms with Gasteiger partial charge in [0.1, 0.15) is 5.82 Å². The summed E-state index contributed by atoms with van der Waals surface area (Å²) >= 11 is 0. The molecular formula is C18H24N6O2. The number of pyridine rings is 1. The topological polar surface area (TPSA) is 108 Å². The molecule has 1 aliphatic rings. The summed E-state index contributed by atoms with van der Waals surface area (Å²) in [6.07, 6.45) is 3.30. The molecule has 3 heterocycles. The molecule has 0 spiro atoms. The Hall–Kier alpha value is -2.90. The van der Waals surface area contributed by atoms with Crippen LogP contribution in [0.2, 0.25) is 0 Å². The number of primary amides is 1. The van der Waals surface area contributed by atoms with Crippen LogP contribution in [0.3, 0.4) is 0 Å². The Balaban J connectivity index is 1.75. The van der Waals surface area contributed by atoms with E-state index in [1.165, 1.54) is 0 Å². The van der Waals surface area contributed by atoms with Crippen LogP contribution in [0, 0.1) is 6.92 Å². The van der Waals surface area contributed by atoms with E-state index < -0.39 is 5.91 Å². The zero-order valence-corrected chi connectivity index (χ0v) is 15.2. The molecule has 2 aromatic rings. The number of anilines is 2. The number of carbonyl (C=O) groups excluding carboxylic acids is 1. The Morgan fingerprint density at radius 2 is 1.96 bits per heavy atom. The van der Waals surface area contributed by atoms with Crippen molar-refractivity contribution in [2.75, 3.05) is 36.0 Å². The monoisotopic (exact) mass is 356 g/mol. The average molecular weight is 356 g/mol. The van der Waals surface area contributed by atoms with E-state index in [2.05, 4.69) is 15.0 Å². The number of rotatable bonds is 5. The molecule has 0 aromatic carbocycles. The number of aromatic amines is 1. The molecule has 26 heavy (non-hydrogen) atoms. The minimum absolute atomic E-state index is 0.0579. The summed E-state index contributed by atoms with van der Waals surface area (Å²) in [5.74, 6) is 0.724. The first-order chi connectivity index (χ1) is 12.5. The van der Waals surface area contributed by atoms with Gasteiger partial charge in [-0.15, -0.1) is 0 Å². The molecular weight excluding hydrogens is 332 g/mol. The molecule has 0 aliphatic carbocycles. The van der Waals surface area contributed by atoms with E-state index in [0.29, 0.717) is 43.5 Å². The lowest BCUT2D eigenvalue weighted by atomic mass is 10.1. The van der Waals surface area contributed by atoms with Crippen molar-refractivity contribution in [2.24, 2.45) is 5.73 Å². The van der Waals surface area contributed by atoms with E-state index >= 15 is 0 Å². The maximum absolute atomic E-state index is 12.3. The summed E-state index contributed by atoms with van der Waals surface area (Å²) in [6, 6.07) is 3.39. The van der Waals surface area contributed by atoms with Gasteiger partial charge in [0.2, 0.25) is 5.95 Å². The third-order valence-electron chi connectivity index (χ3n) is 4.64. The van der Waals surface area contributed by atoms with E-state index in [9.17, 15) is 9.59 Å². The second kappa shape index (κ2) is 7.55. The Morgan fingerprint density at radius 1 is 1.27 bits per heavy atom. The van der Waals surface area contributed by atoms with Crippen LogP contribution in [0.25, 0.3) is 0 Å². The smallest absolute Gasteiger partial charge is 0.255 e. The fourth-order valence-electron chi connectivity index (χ4n) is 3.26. The van der Waals surface area contributed by atoms with Crippen molar-refractivity contribution in [3.63, 3.8) is 0 Å². The van der Waals surface area contributed by atoms with Gasteiger partial charge in [-0.25, -0.2) is 9.97 Å². The molecule has 1 aliphatic heterocycles. The highest BCUT2D eigenvalue weighted by atomic mass is 16.1. The Bertz CT molecular complexity index is 855. The molecule has 3 rings (SSSR count). The number of nitrogens with one attached hydrogen (secondary N) is 1. The van der Waals surface area contributed by atoms with Gasteiger partial charge in [0, 0.05) is 43.6 Å². The van der Waals surface area contributed by atoms with Crippen molar-refractivity contribution in [1.29, 1.82) is 0 Å². The number of aromatic nitrogens is 3. The molecule has 0 radical (unpaired) electrons. The summed E-state index contributed by atoms with van der Waals surface area (Å²) in [7, 11) is 0. The summed E-state index contributed by atoms with van der Waals surface area (Å²) in [5.41, 5.74) is 7.36. The van der Waals surface area contributed by atoms with Crippen molar-refractivity contribution < 1.29 is 4.79 Å². The number of nitrogens with two attached hydrogens (primary N) is 1. The maximum Gasteiger partial charge on any atom is 0.255 e. The molecule has 0 unspecified atom stereocenters. The minimum Gasteiger partial charge on any atom is -0.365 e. The van der Waals surface area contributed by atoms with Crippen LogP contribution < -0.4 is 21.1 Å². The van der Waals surface area contributed by atoms with Gasteiger partial charge < -0.3 is 15.5 Å². The molecule has 1 amide bonds. The normalized spacial score (nSPS) is 14.5. The first-order valence-electron chi connectivity index (χ1n) is 8.85. The first-order valence-corrected chi connectivity index (χ1v) is 8.85. The predicted molar refractivity (Wildman–Crippen MR) is 101 cm³/mol. The molecule has 0 bridgehead atoms. The molecule has 0 atom stereocenters. The van der Waals surface area contributed by atoms with Crippen molar-refractivity contribution >= 4 is 17.7 Å². The number of amides is 1. The lowest BCUT2D eigenvalue weighted by Crippen LogP contribution is -2.48. The van der Waals surface area contributed by atoms with Gasteiger partial charge in [0.15, 0.2) is 0 Å². The van der Waals surface area contributed by atoms with Gasteiger partial charge in [0.25, 0.3) is 11.5 Å². The van der Waals surface area contributed by atoms with Crippen LogP contribution >= 0.6 is 0 Å². The van der Waals surface area contributed by atoms with Gasteiger partial charge in [-0.3, -0.25) is 14.6 Å². The van der Waals surface area contributed by atoms with Crippen molar-refractivity contribution in [3.05, 3.63) is 45.5 Å². The standard InChI is InChI=1S/C18H24N6O2/c1-3-5-13-12(2)21-18(22-17(13)26)24-10-8-23(9-11-24)16-14(15(19)25)6-4-7-20-16/h4,6-7H,3,5,8-11H2,1-2H3,(H2,19,25)(H,21,22,26). The van der Waals surface area contributed by atoms with Crippen LogP contribution in [-0.2, 0) is 6.42 Å². The van der Waals surface area contributed by atoms with Crippen LogP contribution in [0.15, 0.2) is 23.1 Å². The fraction of sp³-hybridized carbons (Fsp3) is 0.444. The third-order valence-corrected chi connectivity index (χ3v) is 4.64. The quantitative estimate of drug-likeness (QED) is 0.822. The molecule has 138 valence electrons. The highest BCUT2D eigenvalue weighted by Gasteiger charge is 2.23. The van der Waals surface area contributed by atoms with Gasteiger partial charge >= 0.3 is 0 Å². The molecule has 2 aromatic heterocycles. The largest absolute Gasteiger partial charge is 0.365 e. The lowest BCUT2D eigenvalue weighted by Gasteiger charge is -2.36.